The average Bonchev–Trinajstić information content (AvgIpc) is 3.10. The fraction of sp³-hybridized carbons (Fsp3) is 0.667. The lowest BCUT2D eigenvalue weighted by molar-refractivity contribution is 0.0526. The summed E-state index contributed by atoms with van der Waals surface area (Å²) in [5.74, 6) is -0.301. The number of aryl methyl sites for hydroxylation is 2. The Balaban J connectivity index is 1.82. The van der Waals surface area contributed by atoms with Gasteiger partial charge in [-0.1, -0.05) is 0 Å². The lowest BCUT2D eigenvalue weighted by atomic mass is 10.0. The first kappa shape index (κ1) is 19.2. The first-order valence-electron chi connectivity index (χ1n) is 10.4. The van der Waals surface area contributed by atoms with Crippen LogP contribution in [0.3, 0.4) is 0 Å². The number of hydrogen-bond acceptors (Lipinski definition) is 6. The van der Waals surface area contributed by atoms with Crippen LogP contribution in [0, 0.1) is 6.92 Å². The van der Waals surface area contributed by atoms with Gasteiger partial charge in [0.2, 0.25) is 0 Å². The highest BCUT2D eigenvalue weighted by molar-refractivity contribution is 6.05. The van der Waals surface area contributed by atoms with Gasteiger partial charge in [0.1, 0.15) is 5.56 Å². The largest absolute Gasteiger partial charge is 0.462 e. The van der Waals surface area contributed by atoms with Crippen molar-refractivity contribution < 1.29 is 9.53 Å². The smallest absolute Gasteiger partial charge is 0.341 e. The van der Waals surface area contributed by atoms with Crippen molar-refractivity contribution in [1.82, 2.24) is 19.7 Å². The molecule has 0 saturated carbocycles. The van der Waals surface area contributed by atoms with Crippen LogP contribution in [-0.4, -0.2) is 63.5 Å². The van der Waals surface area contributed by atoms with Crippen molar-refractivity contribution in [1.29, 1.82) is 0 Å². The monoisotopic (exact) mass is 385 g/mol. The zero-order valence-corrected chi connectivity index (χ0v) is 17.6. The first-order valence-corrected chi connectivity index (χ1v) is 10.4. The maximum Gasteiger partial charge on any atom is 0.341 e. The van der Waals surface area contributed by atoms with E-state index in [2.05, 4.69) is 33.7 Å². The third-order valence-corrected chi connectivity index (χ3v) is 6.25. The molecule has 2 atom stereocenters. The molecule has 2 bridgehead atoms. The van der Waals surface area contributed by atoms with E-state index in [9.17, 15) is 4.79 Å². The number of anilines is 1. The van der Waals surface area contributed by atoms with E-state index < -0.39 is 0 Å². The fourth-order valence-electron chi connectivity index (χ4n) is 5.24. The molecule has 4 rings (SSSR count). The van der Waals surface area contributed by atoms with Gasteiger partial charge in [-0.3, -0.25) is 9.58 Å². The van der Waals surface area contributed by atoms with Crippen LogP contribution in [0.15, 0.2) is 6.20 Å². The van der Waals surface area contributed by atoms with E-state index in [4.69, 9.17) is 4.74 Å². The molecule has 0 amide bonds. The first-order chi connectivity index (χ1) is 13.4. The van der Waals surface area contributed by atoms with Crippen molar-refractivity contribution in [3.05, 3.63) is 17.5 Å². The number of hydrogen-bond donors (Lipinski definition) is 0. The Morgan fingerprint density at radius 3 is 2.75 bits per heavy atom. The summed E-state index contributed by atoms with van der Waals surface area (Å²) in [6.45, 7) is 10.6. The van der Waals surface area contributed by atoms with Gasteiger partial charge in [0, 0.05) is 44.5 Å². The molecule has 2 aliphatic rings. The molecule has 0 aromatic carbocycles. The second-order valence-electron chi connectivity index (χ2n) is 8.31. The number of nitrogens with zero attached hydrogens (tertiary/aromatic N) is 5. The molecule has 7 heteroatoms. The molecule has 28 heavy (non-hydrogen) atoms. The van der Waals surface area contributed by atoms with Crippen LogP contribution in [-0.2, 0) is 11.8 Å². The predicted octanol–water partition coefficient (Wildman–Crippen LogP) is 2.90. The summed E-state index contributed by atoms with van der Waals surface area (Å²) in [4.78, 5) is 22.4. The zero-order valence-electron chi connectivity index (χ0n) is 17.6. The second-order valence-corrected chi connectivity index (χ2v) is 8.31. The molecule has 2 aromatic heterocycles. The van der Waals surface area contributed by atoms with E-state index in [1.807, 2.05) is 20.9 Å². The Labute approximate surface area is 166 Å². The summed E-state index contributed by atoms with van der Waals surface area (Å²) in [5, 5.41) is 5.55. The summed E-state index contributed by atoms with van der Waals surface area (Å²) in [7, 11) is 1.90. The summed E-state index contributed by atoms with van der Waals surface area (Å²) < 4.78 is 7.16. The Kier molecular flexibility index (Phi) is 5.04. The number of fused-ring (bicyclic) bond motifs is 3. The van der Waals surface area contributed by atoms with Gasteiger partial charge in [-0.25, -0.2) is 9.78 Å². The van der Waals surface area contributed by atoms with E-state index in [1.54, 1.807) is 10.9 Å². The highest BCUT2D eigenvalue weighted by Gasteiger charge is 2.39. The van der Waals surface area contributed by atoms with E-state index in [1.165, 1.54) is 12.8 Å². The molecular formula is C21H31N5O2. The topological polar surface area (TPSA) is 63.5 Å². The molecule has 7 nitrogen and oxygen atoms in total. The van der Waals surface area contributed by atoms with Gasteiger partial charge in [0.05, 0.1) is 23.4 Å². The van der Waals surface area contributed by atoms with Gasteiger partial charge in [0.25, 0.3) is 0 Å². The highest BCUT2D eigenvalue weighted by Crippen LogP contribution is 2.38. The fourth-order valence-corrected chi connectivity index (χ4v) is 5.24. The highest BCUT2D eigenvalue weighted by atomic mass is 16.5. The molecule has 0 radical (unpaired) electrons. The number of pyridine rings is 1. The molecule has 2 aromatic rings. The minimum atomic E-state index is -0.301. The van der Waals surface area contributed by atoms with Gasteiger partial charge in [-0.2, -0.15) is 5.10 Å². The van der Waals surface area contributed by atoms with Crippen molar-refractivity contribution in [2.75, 3.05) is 24.6 Å². The zero-order chi connectivity index (χ0) is 20.0. The summed E-state index contributed by atoms with van der Waals surface area (Å²) in [6, 6.07) is 1.69. The third-order valence-electron chi connectivity index (χ3n) is 6.25. The maximum atomic E-state index is 12.8. The molecule has 2 aliphatic heterocycles. The number of aromatic nitrogens is 3. The van der Waals surface area contributed by atoms with E-state index in [0.29, 0.717) is 30.3 Å². The number of carbonyl (C=O) groups is 1. The number of ether oxygens (including phenoxy) is 1. The van der Waals surface area contributed by atoms with Crippen molar-refractivity contribution in [2.45, 2.75) is 65.1 Å². The molecule has 0 aliphatic carbocycles. The molecule has 0 N–H and O–H groups in total. The third kappa shape index (κ3) is 3.05. The van der Waals surface area contributed by atoms with Crippen molar-refractivity contribution in [3.8, 4) is 0 Å². The Morgan fingerprint density at radius 1 is 1.29 bits per heavy atom. The normalized spacial score (nSPS) is 22.9. The van der Waals surface area contributed by atoms with Gasteiger partial charge in [-0.05, 0) is 47.0 Å². The lowest BCUT2D eigenvalue weighted by Crippen LogP contribution is -2.43. The van der Waals surface area contributed by atoms with Gasteiger partial charge in [0.15, 0.2) is 5.65 Å². The quantitative estimate of drug-likeness (QED) is 0.754. The van der Waals surface area contributed by atoms with Crippen molar-refractivity contribution >= 4 is 22.7 Å². The van der Waals surface area contributed by atoms with Crippen molar-refractivity contribution in [3.63, 3.8) is 0 Å². The van der Waals surface area contributed by atoms with E-state index >= 15 is 0 Å². The molecule has 4 heterocycles. The van der Waals surface area contributed by atoms with Crippen LogP contribution in [0.2, 0.25) is 0 Å². The van der Waals surface area contributed by atoms with Gasteiger partial charge in [-0.15, -0.1) is 0 Å². The maximum absolute atomic E-state index is 12.8. The van der Waals surface area contributed by atoms with Gasteiger partial charge >= 0.3 is 5.97 Å². The molecular weight excluding hydrogens is 354 g/mol. The summed E-state index contributed by atoms with van der Waals surface area (Å²) in [6.07, 6.45) is 5.27. The number of esters is 1. The standard InChI is InChI=1S/C21H31N5O2/c1-6-28-21(27)17-11-22-20-18(14(4)23-24(20)5)19(17)25-10-9-15-7-8-16(12-25)26(15)13(2)3/h11,13,15-16H,6-10,12H2,1-5H3. The minimum absolute atomic E-state index is 0.301. The molecule has 152 valence electrons. The van der Waals surface area contributed by atoms with Crippen molar-refractivity contribution in [2.24, 2.45) is 7.05 Å². The van der Waals surface area contributed by atoms with Crippen LogP contribution < -0.4 is 4.90 Å². The van der Waals surface area contributed by atoms with Crippen LogP contribution in [0.1, 0.15) is 56.1 Å². The summed E-state index contributed by atoms with van der Waals surface area (Å²) >= 11 is 0. The van der Waals surface area contributed by atoms with E-state index in [-0.39, 0.29) is 5.97 Å². The van der Waals surface area contributed by atoms with Crippen LogP contribution >= 0.6 is 0 Å². The van der Waals surface area contributed by atoms with Crippen LogP contribution in [0.4, 0.5) is 5.69 Å². The second kappa shape index (κ2) is 7.35. The molecule has 0 spiro atoms. The Hall–Kier alpha value is -2.15. The number of rotatable bonds is 4. The average molecular weight is 386 g/mol. The lowest BCUT2D eigenvalue weighted by Gasteiger charge is -2.33. The molecule has 2 unspecified atom stereocenters. The number of carbonyl (C=O) groups excluding carboxylic acids is 1. The van der Waals surface area contributed by atoms with Gasteiger partial charge < -0.3 is 9.64 Å². The predicted molar refractivity (Wildman–Crippen MR) is 110 cm³/mol. The molecule has 2 saturated heterocycles. The summed E-state index contributed by atoms with van der Waals surface area (Å²) in [5.41, 5.74) is 3.22. The van der Waals surface area contributed by atoms with E-state index in [0.717, 1.165) is 41.9 Å². The van der Waals surface area contributed by atoms with Crippen LogP contribution in [0.5, 0.6) is 0 Å². The SMILES string of the molecule is CCOC(=O)c1cnc2c(c(C)nn2C)c1N1CCC2CCC(C1)N2C(C)C. The Morgan fingerprint density at radius 2 is 2.04 bits per heavy atom. The molecule has 2 fully saturated rings. The van der Waals surface area contributed by atoms with Crippen LogP contribution in [0.25, 0.3) is 11.0 Å². The minimum Gasteiger partial charge on any atom is -0.462 e. The Bertz CT molecular complexity index is 891.